The number of rotatable bonds is 2. The Morgan fingerprint density at radius 3 is 2.40 bits per heavy atom. The predicted octanol–water partition coefficient (Wildman–Crippen LogP) is 4.16. The van der Waals surface area contributed by atoms with Crippen LogP contribution in [0.3, 0.4) is 0 Å². The first kappa shape index (κ1) is 16.0. The van der Waals surface area contributed by atoms with Gasteiger partial charge in [-0.2, -0.15) is 23.3 Å². The lowest BCUT2D eigenvalue weighted by Gasteiger charge is -2.32. The molecule has 8 heteroatoms. The summed E-state index contributed by atoms with van der Waals surface area (Å²) >= 11 is 1.06. The van der Waals surface area contributed by atoms with Gasteiger partial charge in [-0.15, -0.1) is 0 Å². The summed E-state index contributed by atoms with van der Waals surface area (Å²) in [6.45, 7) is 0. The summed E-state index contributed by atoms with van der Waals surface area (Å²) in [4.78, 5) is 4.21. The van der Waals surface area contributed by atoms with E-state index in [2.05, 4.69) is 10.1 Å². The van der Waals surface area contributed by atoms with Gasteiger partial charge in [0.1, 0.15) is 0 Å². The fourth-order valence-electron chi connectivity index (χ4n) is 2.71. The summed E-state index contributed by atoms with van der Waals surface area (Å²) in [5.74, 6) is 0. The second-order valence-corrected chi connectivity index (χ2v) is 6.69. The zero-order chi connectivity index (χ0) is 17.7. The molecule has 1 aromatic heterocycles. The lowest BCUT2D eigenvalue weighted by Crippen LogP contribution is -2.55. The van der Waals surface area contributed by atoms with Crippen LogP contribution in [0, 0.1) is 0 Å². The first-order valence-corrected chi connectivity index (χ1v) is 8.28. The van der Waals surface area contributed by atoms with E-state index in [0.717, 1.165) is 16.0 Å². The number of aliphatic hydroxyl groups is 1. The molecular weight excluding hydrogens is 351 g/mol. The number of fused-ring (bicyclic) bond motifs is 1. The van der Waals surface area contributed by atoms with Gasteiger partial charge in [0.2, 0.25) is 5.13 Å². The molecule has 1 aliphatic rings. The largest absolute Gasteiger partial charge is 0.438 e. The molecule has 2 heterocycles. The van der Waals surface area contributed by atoms with E-state index in [4.69, 9.17) is 0 Å². The number of hydrogen-bond donors (Lipinski definition) is 1. The van der Waals surface area contributed by atoms with Gasteiger partial charge in [0.15, 0.2) is 0 Å². The van der Waals surface area contributed by atoms with Crippen LogP contribution in [-0.4, -0.2) is 27.7 Å². The highest BCUT2D eigenvalue weighted by atomic mass is 32.1. The van der Waals surface area contributed by atoms with Crippen molar-refractivity contribution >= 4 is 32.4 Å². The van der Waals surface area contributed by atoms with Crippen molar-refractivity contribution < 1.29 is 18.3 Å². The summed E-state index contributed by atoms with van der Waals surface area (Å²) in [5.41, 5.74) is -1.85. The van der Waals surface area contributed by atoms with Crippen molar-refractivity contribution in [3.63, 3.8) is 0 Å². The first-order chi connectivity index (χ1) is 11.9. The van der Waals surface area contributed by atoms with E-state index in [1.807, 2.05) is 0 Å². The molecule has 0 radical (unpaired) electrons. The van der Waals surface area contributed by atoms with Gasteiger partial charge in [0.25, 0.3) is 5.72 Å². The molecule has 0 spiro atoms. The molecule has 0 aliphatic carbocycles. The Hall–Kier alpha value is -2.45. The SMILES string of the molecule is O[C@@]1(C(F)(F)F)CC(c2ccccc2)=NN1c1nc2ccccc2s1. The number of nitrogens with zero attached hydrogens (tertiary/aromatic N) is 3. The van der Waals surface area contributed by atoms with Gasteiger partial charge in [0, 0.05) is 0 Å². The van der Waals surface area contributed by atoms with Crippen LogP contribution in [0.4, 0.5) is 18.3 Å². The minimum atomic E-state index is -4.88. The smallest absolute Gasteiger partial charge is 0.362 e. The average molecular weight is 363 g/mol. The Labute approximate surface area is 144 Å². The zero-order valence-electron chi connectivity index (χ0n) is 12.7. The van der Waals surface area contributed by atoms with Crippen LogP contribution in [0.25, 0.3) is 10.2 Å². The lowest BCUT2D eigenvalue weighted by molar-refractivity contribution is -0.254. The second kappa shape index (κ2) is 5.53. The number of para-hydroxylation sites is 1. The normalized spacial score (nSPS) is 21.0. The molecule has 1 atom stereocenters. The highest BCUT2D eigenvalue weighted by Gasteiger charge is 2.62. The minimum Gasteiger partial charge on any atom is -0.362 e. The molecular formula is C17H12F3N3OS. The van der Waals surface area contributed by atoms with E-state index in [1.54, 1.807) is 54.6 Å². The van der Waals surface area contributed by atoms with Crippen LogP contribution in [0.1, 0.15) is 12.0 Å². The molecule has 1 N–H and O–H groups in total. The molecule has 2 aromatic carbocycles. The standard InChI is InChI=1S/C17H12F3N3OS/c18-17(19,20)16(24)10-13(11-6-2-1-3-7-11)22-23(16)15-21-12-8-4-5-9-14(12)25-15/h1-9,24H,10H2/t16-/m1/s1. The van der Waals surface area contributed by atoms with Crippen molar-refractivity contribution in [2.24, 2.45) is 5.10 Å². The van der Waals surface area contributed by atoms with Crippen molar-refractivity contribution in [1.29, 1.82) is 0 Å². The van der Waals surface area contributed by atoms with E-state index in [-0.39, 0.29) is 10.8 Å². The topological polar surface area (TPSA) is 48.7 Å². The molecule has 0 bridgehead atoms. The molecule has 128 valence electrons. The van der Waals surface area contributed by atoms with Crippen molar-refractivity contribution in [2.75, 3.05) is 5.01 Å². The highest BCUT2D eigenvalue weighted by molar-refractivity contribution is 7.22. The maximum absolute atomic E-state index is 13.6. The third-order valence-corrected chi connectivity index (χ3v) is 5.02. The van der Waals surface area contributed by atoms with Crippen molar-refractivity contribution in [2.45, 2.75) is 18.3 Å². The number of aromatic nitrogens is 1. The molecule has 0 unspecified atom stereocenters. The van der Waals surface area contributed by atoms with Crippen LogP contribution in [0.2, 0.25) is 0 Å². The van der Waals surface area contributed by atoms with Crippen molar-refractivity contribution in [3.8, 4) is 0 Å². The second-order valence-electron chi connectivity index (χ2n) is 5.68. The Morgan fingerprint density at radius 2 is 1.72 bits per heavy atom. The monoisotopic (exact) mass is 363 g/mol. The molecule has 0 fully saturated rings. The van der Waals surface area contributed by atoms with Gasteiger partial charge in [0.05, 0.1) is 22.3 Å². The van der Waals surface area contributed by atoms with Gasteiger partial charge in [-0.25, -0.2) is 4.98 Å². The molecule has 3 aromatic rings. The third-order valence-electron chi connectivity index (χ3n) is 4.01. The molecule has 0 saturated carbocycles. The lowest BCUT2D eigenvalue weighted by atomic mass is 10.0. The van der Waals surface area contributed by atoms with Gasteiger partial charge >= 0.3 is 6.18 Å². The summed E-state index contributed by atoms with van der Waals surface area (Å²) in [6.07, 6.45) is -5.54. The van der Waals surface area contributed by atoms with Crippen molar-refractivity contribution in [1.82, 2.24) is 4.98 Å². The zero-order valence-corrected chi connectivity index (χ0v) is 13.6. The van der Waals surface area contributed by atoms with E-state index < -0.39 is 18.3 Å². The van der Waals surface area contributed by atoms with Crippen LogP contribution >= 0.6 is 11.3 Å². The van der Waals surface area contributed by atoms with E-state index in [1.165, 1.54) is 0 Å². The quantitative estimate of drug-likeness (QED) is 0.744. The number of thiazole rings is 1. The summed E-state index contributed by atoms with van der Waals surface area (Å²) < 4.78 is 41.6. The van der Waals surface area contributed by atoms with E-state index >= 15 is 0 Å². The summed E-state index contributed by atoms with van der Waals surface area (Å²) in [7, 11) is 0. The fourth-order valence-corrected chi connectivity index (χ4v) is 3.69. The molecule has 1 aliphatic heterocycles. The molecule has 25 heavy (non-hydrogen) atoms. The summed E-state index contributed by atoms with van der Waals surface area (Å²) in [6, 6.07) is 15.5. The maximum atomic E-state index is 13.6. The number of anilines is 1. The first-order valence-electron chi connectivity index (χ1n) is 7.46. The molecule has 0 saturated heterocycles. The number of hydrazone groups is 1. The third kappa shape index (κ3) is 2.58. The molecule has 4 rings (SSSR count). The van der Waals surface area contributed by atoms with Gasteiger partial charge in [-0.1, -0.05) is 53.8 Å². The molecule has 4 nitrogen and oxygen atoms in total. The van der Waals surface area contributed by atoms with Gasteiger partial charge in [-0.3, -0.25) is 0 Å². The number of benzene rings is 2. The Morgan fingerprint density at radius 1 is 1.04 bits per heavy atom. The van der Waals surface area contributed by atoms with Crippen LogP contribution in [0.15, 0.2) is 59.7 Å². The average Bonchev–Trinajstić information content (AvgIpc) is 3.16. The maximum Gasteiger partial charge on any atom is 0.438 e. The Balaban J connectivity index is 1.84. The van der Waals surface area contributed by atoms with Gasteiger partial charge < -0.3 is 5.11 Å². The van der Waals surface area contributed by atoms with Gasteiger partial charge in [-0.05, 0) is 17.7 Å². The van der Waals surface area contributed by atoms with Crippen molar-refractivity contribution in [3.05, 3.63) is 60.2 Å². The van der Waals surface area contributed by atoms with Crippen LogP contribution in [0.5, 0.6) is 0 Å². The molecule has 0 amide bonds. The fraction of sp³-hybridized carbons (Fsp3) is 0.176. The number of hydrogen-bond acceptors (Lipinski definition) is 5. The number of halogens is 3. The van der Waals surface area contributed by atoms with E-state index in [0.29, 0.717) is 16.1 Å². The van der Waals surface area contributed by atoms with Crippen LogP contribution in [-0.2, 0) is 0 Å². The predicted molar refractivity (Wildman–Crippen MR) is 90.7 cm³/mol. The summed E-state index contributed by atoms with van der Waals surface area (Å²) in [5, 5.41) is 15.1. The minimum absolute atomic E-state index is 0.00644. The highest BCUT2D eigenvalue weighted by Crippen LogP contribution is 2.45. The van der Waals surface area contributed by atoms with E-state index in [9.17, 15) is 18.3 Å². The van der Waals surface area contributed by atoms with Crippen LogP contribution < -0.4 is 5.01 Å². The Kier molecular flexibility index (Phi) is 3.55. The Bertz CT molecular complexity index is 921. The number of alkyl halides is 3.